The molecule has 0 spiro atoms. The molecule has 7 heteroatoms. The number of aromatic nitrogens is 2. The molecule has 4 aromatic carbocycles. The average molecular weight is 494 g/mol. The van der Waals surface area contributed by atoms with E-state index in [4.69, 9.17) is 21.3 Å². The fourth-order valence-electron chi connectivity index (χ4n) is 3.77. The van der Waals surface area contributed by atoms with Crippen LogP contribution >= 0.6 is 11.6 Å². The molecule has 0 saturated heterocycles. The van der Waals surface area contributed by atoms with Crippen molar-refractivity contribution < 1.29 is 9.53 Å². The molecule has 0 atom stereocenters. The van der Waals surface area contributed by atoms with Crippen molar-refractivity contribution in [1.29, 1.82) is 0 Å². The number of esters is 1. The minimum absolute atomic E-state index is 0.262. The van der Waals surface area contributed by atoms with Crippen molar-refractivity contribution in [2.75, 3.05) is 0 Å². The molecule has 6 nitrogen and oxygen atoms in total. The van der Waals surface area contributed by atoms with Gasteiger partial charge in [0.25, 0.3) is 5.56 Å². The van der Waals surface area contributed by atoms with Gasteiger partial charge in [-0.05, 0) is 49.4 Å². The number of benzene rings is 4. The summed E-state index contributed by atoms with van der Waals surface area (Å²) >= 11 is 6.23. The molecule has 0 N–H and O–H groups in total. The number of para-hydroxylation sites is 1. The van der Waals surface area contributed by atoms with E-state index in [9.17, 15) is 9.59 Å². The van der Waals surface area contributed by atoms with E-state index in [-0.39, 0.29) is 11.3 Å². The number of rotatable bonds is 5. The van der Waals surface area contributed by atoms with Crippen molar-refractivity contribution in [2.24, 2.45) is 5.10 Å². The summed E-state index contributed by atoms with van der Waals surface area (Å²) in [6.45, 7) is 1.90. The van der Waals surface area contributed by atoms with Gasteiger partial charge in [0.15, 0.2) is 5.82 Å². The van der Waals surface area contributed by atoms with Gasteiger partial charge in [0.05, 0.1) is 22.7 Å². The van der Waals surface area contributed by atoms with E-state index in [1.165, 1.54) is 10.9 Å². The van der Waals surface area contributed by atoms with Crippen molar-refractivity contribution >= 4 is 34.7 Å². The largest absolute Gasteiger partial charge is 0.422 e. The Labute approximate surface area is 212 Å². The van der Waals surface area contributed by atoms with Gasteiger partial charge in [-0.3, -0.25) is 4.79 Å². The van der Waals surface area contributed by atoms with E-state index in [1.54, 1.807) is 54.6 Å². The first-order valence-electron chi connectivity index (χ1n) is 11.2. The Morgan fingerprint density at radius 1 is 0.944 bits per heavy atom. The molecule has 0 amide bonds. The zero-order chi connectivity index (χ0) is 25.1. The molecule has 5 rings (SSSR count). The highest BCUT2D eigenvalue weighted by Gasteiger charge is 2.14. The lowest BCUT2D eigenvalue weighted by molar-refractivity contribution is 0.0734. The second kappa shape index (κ2) is 9.98. The summed E-state index contributed by atoms with van der Waals surface area (Å²) in [5, 5.41) is 5.33. The van der Waals surface area contributed by atoms with Crippen molar-refractivity contribution in [3.05, 3.63) is 129 Å². The lowest BCUT2D eigenvalue weighted by atomic mass is 10.1. The highest BCUT2D eigenvalue weighted by Crippen LogP contribution is 2.24. The van der Waals surface area contributed by atoms with Gasteiger partial charge in [-0.15, -0.1) is 0 Å². The Bertz CT molecular complexity index is 1680. The van der Waals surface area contributed by atoms with E-state index in [0.717, 1.165) is 11.1 Å². The maximum Gasteiger partial charge on any atom is 0.343 e. The van der Waals surface area contributed by atoms with E-state index in [1.807, 2.05) is 49.4 Å². The number of ether oxygens (including phenoxy) is 1. The normalized spacial score (nSPS) is 11.2. The minimum atomic E-state index is -0.509. The van der Waals surface area contributed by atoms with Crippen LogP contribution in [0.1, 0.15) is 21.5 Å². The average Bonchev–Trinajstić information content (AvgIpc) is 2.90. The van der Waals surface area contributed by atoms with Gasteiger partial charge in [-0.1, -0.05) is 71.8 Å². The number of nitrogens with zero attached hydrogens (tertiary/aromatic N) is 3. The summed E-state index contributed by atoms with van der Waals surface area (Å²) in [5.74, 6) is 0.138. The first kappa shape index (κ1) is 23.2. The molecular formula is C29H20ClN3O3. The lowest BCUT2D eigenvalue weighted by Crippen LogP contribution is -2.20. The fourth-order valence-corrected chi connectivity index (χ4v) is 3.95. The smallest absolute Gasteiger partial charge is 0.343 e. The highest BCUT2D eigenvalue weighted by molar-refractivity contribution is 6.31. The summed E-state index contributed by atoms with van der Waals surface area (Å²) in [7, 11) is 0. The van der Waals surface area contributed by atoms with Crippen molar-refractivity contribution in [3.8, 4) is 17.1 Å². The van der Waals surface area contributed by atoms with Gasteiger partial charge in [-0.25, -0.2) is 9.78 Å². The van der Waals surface area contributed by atoms with Crippen LogP contribution in [0.25, 0.3) is 22.3 Å². The molecule has 0 aliphatic rings. The van der Waals surface area contributed by atoms with Crippen LogP contribution in [0.15, 0.2) is 107 Å². The van der Waals surface area contributed by atoms with E-state index < -0.39 is 5.97 Å². The monoisotopic (exact) mass is 493 g/mol. The third-order valence-electron chi connectivity index (χ3n) is 5.53. The van der Waals surface area contributed by atoms with Gasteiger partial charge < -0.3 is 4.74 Å². The molecule has 0 saturated carbocycles. The van der Waals surface area contributed by atoms with E-state index in [2.05, 4.69) is 5.10 Å². The molecule has 0 bridgehead atoms. The Hall–Kier alpha value is -4.55. The van der Waals surface area contributed by atoms with Crippen LogP contribution in [0.4, 0.5) is 0 Å². The predicted octanol–water partition coefficient (Wildman–Crippen LogP) is 6.13. The number of fused-ring (bicyclic) bond motifs is 1. The minimum Gasteiger partial charge on any atom is -0.422 e. The molecule has 36 heavy (non-hydrogen) atoms. The van der Waals surface area contributed by atoms with Crippen LogP contribution in [0.2, 0.25) is 5.02 Å². The first-order chi connectivity index (χ1) is 17.5. The van der Waals surface area contributed by atoms with Crippen LogP contribution < -0.4 is 10.3 Å². The number of carbonyl (C=O) groups excluding carboxylic acids is 1. The number of halogens is 1. The van der Waals surface area contributed by atoms with Gasteiger partial charge in [0.1, 0.15) is 5.75 Å². The van der Waals surface area contributed by atoms with Crippen LogP contribution in [0.3, 0.4) is 0 Å². The Balaban J connectivity index is 1.59. The molecule has 0 fully saturated rings. The number of carbonyl (C=O) groups is 1. The summed E-state index contributed by atoms with van der Waals surface area (Å²) in [4.78, 5) is 30.8. The molecule has 5 aromatic rings. The number of hydrogen-bond donors (Lipinski definition) is 0. The van der Waals surface area contributed by atoms with Crippen LogP contribution in [-0.4, -0.2) is 21.8 Å². The molecule has 0 unspecified atom stereocenters. The second-order valence-electron chi connectivity index (χ2n) is 8.12. The Kier molecular flexibility index (Phi) is 6.43. The summed E-state index contributed by atoms with van der Waals surface area (Å²) in [5.41, 5.74) is 2.78. The molecule has 1 heterocycles. The number of hydrogen-bond acceptors (Lipinski definition) is 5. The highest BCUT2D eigenvalue weighted by atomic mass is 35.5. The van der Waals surface area contributed by atoms with Crippen molar-refractivity contribution in [2.45, 2.75) is 6.92 Å². The summed E-state index contributed by atoms with van der Waals surface area (Å²) in [6, 6.07) is 28.4. The standard InChI is InChI=1S/C29H20ClN3O3/c1-19-8-7-11-21(16-19)29(35)36-26-15-14-23(30)17-22(26)18-31-33-27(20-9-3-2-4-10-20)32-25-13-6-5-12-24(25)28(33)34/h2-18H,1H3. The van der Waals surface area contributed by atoms with E-state index >= 15 is 0 Å². The molecule has 0 aliphatic carbocycles. The molecular weight excluding hydrogens is 474 g/mol. The van der Waals surface area contributed by atoms with Crippen molar-refractivity contribution in [1.82, 2.24) is 9.66 Å². The maximum absolute atomic E-state index is 13.4. The maximum atomic E-state index is 13.4. The van der Waals surface area contributed by atoms with Gasteiger partial charge >= 0.3 is 5.97 Å². The predicted molar refractivity (Wildman–Crippen MR) is 142 cm³/mol. The Morgan fingerprint density at radius 2 is 1.72 bits per heavy atom. The molecule has 0 radical (unpaired) electrons. The zero-order valence-electron chi connectivity index (χ0n) is 19.3. The third-order valence-corrected chi connectivity index (χ3v) is 5.76. The molecule has 0 aliphatic heterocycles. The third kappa shape index (κ3) is 4.80. The van der Waals surface area contributed by atoms with Gasteiger partial charge in [0.2, 0.25) is 0 Å². The van der Waals surface area contributed by atoms with Crippen molar-refractivity contribution in [3.63, 3.8) is 0 Å². The van der Waals surface area contributed by atoms with Crippen LogP contribution in [0.5, 0.6) is 5.75 Å². The molecule has 1 aromatic heterocycles. The summed E-state index contributed by atoms with van der Waals surface area (Å²) in [6.07, 6.45) is 1.44. The Morgan fingerprint density at radius 3 is 2.53 bits per heavy atom. The second-order valence-corrected chi connectivity index (χ2v) is 8.56. The lowest BCUT2D eigenvalue weighted by Gasteiger charge is -2.11. The first-order valence-corrected chi connectivity index (χ1v) is 11.6. The van der Waals surface area contributed by atoms with Gasteiger partial charge in [-0.2, -0.15) is 9.78 Å². The fraction of sp³-hybridized carbons (Fsp3) is 0.0345. The van der Waals surface area contributed by atoms with Crippen LogP contribution in [-0.2, 0) is 0 Å². The molecule has 176 valence electrons. The summed E-state index contributed by atoms with van der Waals surface area (Å²) < 4.78 is 6.89. The van der Waals surface area contributed by atoms with Gasteiger partial charge in [0, 0.05) is 16.1 Å². The van der Waals surface area contributed by atoms with Crippen LogP contribution in [0, 0.1) is 6.92 Å². The number of aryl methyl sites for hydroxylation is 1. The topological polar surface area (TPSA) is 73.5 Å². The SMILES string of the molecule is Cc1cccc(C(=O)Oc2ccc(Cl)cc2C=Nn2c(-c3ccccc3)nc3ccccc3c2=O)c1. The van der Waals surface area contributed by atoms with E-state index in [0.29, 0.717) is 32.9 Å². The zero-order valence-corrected chi connectivity index (χ0v) is 20.0. The quantitative estimate of drug-likeness (QED) is 0.168.